The average molecular weight is 361 g/mol. The van der Waals surface area contributed by atoms with Gasteiger partial charge in [-0.1, -0.05) is 0 Å². The molecular formula is C18H20FN3O2S. The van der Waals surface area contributed by atoms with E-state index in [1.54, 1.807) is 30.7 Å². The second-order valence-corrected chi connectivity index (χ2v) is 6.99. The molecule has 25 heavy (non-hydrogen) atoms. The zero-order valence-electron chi connectivity index (χ0n) is 13.7. The Labute approximate surface area is 150 Å². The monoisotopic (exact) mass is 361 g/mol. The molecule has 1 aromatic heterocycles. The Kier molecular flexibility index (Phi) is 6.22. The third kappa shape index (κ3) is 5.70. The van der Waals surface area contributed by atoms with Crippen molar-refractivity contribution in [2.75, 3.05) is 5.75 Å². The van der Waals surface area contributed by atoms with Crippen LogP contribution in [0.1, 0.15) is 25.7 Å². The molecule has 1 saturated carbocycles. The van der Waals surface area contributed by atoms with E-state index in [2.05, 4.69) is 15.3 Å². The molecule has 1 aliphatic carbocycles. The Morgan fingerprint density at radius 1 is 1.20 bits per heavy atom. The number of nitrogens with one attached hydrogen (secondary N) is 1. The molecule has 0 atom stereocenters. The predicted molar refractivity (Wildman–Crippen MR) is 94.0 cm³/mol. The molecule has 0 spiro atoms. The van der Waals surface area contributed by atoms with Crippen LogP contribution in [0.5, 0.6) is 5.88 Å². The van der Waals surface area contributed by atoms with Gasteiger partial charge in [-0.2, -0.15) is 0 Å². The predicted octanol–water partition coefficient (Wildman–Crippen LogP) is 3.21. The van der Waals surface area contributed by atoms with Gasteiger partial charge in [-0.25, -0.2) is 9.37 Å². The van der Waals surface area contributed by atoms with Crippen LogP contribution in [0.25, 0.3) is 0 Å². The number of thioether (sulfide) groups is 1. The number of rotatable bonds is 6. The fourth-order valence-corrected chi connectivity index (χ4v) is 3.50. The maximum absolute atomic E-state index is 12.9. The lowest BCUT2D eigenvalue weighted by atomic mass is 9.93. The van der Waals surface area contributed by atoms with E-state index in [-0.39, 0.29) is 23.9 Å². The van der Waals surface area contributed by atoms with E-state index in [9.17, 15) is 9.18 Å². The number of carbonyl (C=O) groups is 1. The summed E-state index contributed by atoms with van der Waals surface area (Å²) in [5.41, 5.74) is 0. The lowest BCUT2D eigenvalue weighted by Crippen LogP contribution is -2.40. The quantitative estimate of drug-likeness (QED) is 0.801. The molecule has 1 aromatic carbocycles. The Morgan fingerprint density at radius 3 is 2.64 bits per heavy atom. The normalized spacial score (nSPS) is 20.0. The first-order chi connectivity index (χ1) is 12.2. The topological polar surface area (TPSA) is 64.1 Å². The van der Waals surface area contributed by atoms with Gasteiger partial charge in [-0.05, 0) is 49.9 Å². The molecule has 3 rings (SSSR count). The molecule has 1 amide bonds. The summed E-state index contributed by atoms with van der Waals surface area (Å²) in [6.07, 6.45) is 8.50. The molecule has 132 valence electrons. The number of amides is 1. The van der Waals surface area contributed by atoms with Crippen molar-refractivity contribution in [2.45, 2.75) is 42.7 Å². The number of hydrogen-bond acceptors (Lipinski definition) is 5. The van der Waals surface area contributed by atoms with Crippen LogP contribution in [0.4, 0.5) is 4.39 Å². The second-order valence-electron chi connectivity index (χ2n) is 5.95. The van der Waals surface area contributed by atoms with Crippen LogP contribution in [0.3, 0.4) is 0 Å². The van der Waals surface area contributed by atoms with Crippen molar-refractivity contribution in [1.29, 1.82) is 0 Å². The molecule has 1 N–H and O–H groups in total. The van der Waals surface area contributed by atoms with Gasteiger partial charge >= 0.3 is 0 Å². The van der Waals surface area contributed by atoms with E-state index >= 15 is 0 Å². The number of halogens is 1. The fraction of sp³-hybridized carbons (Fsp3) is 0.389. The minimum atomic E-state index is -0.269. The minimum absolute atomic E-state index is 0.00706. The summed E-state index contributed by atoms with van der Waals surface area (Å²) in [7, 11) is 0. The number of ether oxygens (including phenoxy) is 1. The summed E-state index contributed by atoms with van der Waals surface area (Å²) in [6.45, 7) is 0. The molecule has 0 saturated heterocycles. The van der Waals surface area contributed by atoms with Crippen LogP contribution in [0, 0.1) is 5.82 Å². The molecule has 1 fully saturated rings. The Morgan fingerprint density at radius 2 is 1.96 bits per heavy atom. The Hall–Kier alpha value is -2.15. The van der Waals surface area contributed by atoms with Gasteiger partial charge in [0, 0.05) is 23.3 Å². The smallest absolute Gasteiger partial charge is 0.232 e. The van der Waals surface area contributed by atoms with Gasteiger partial charge in [-0.3, -0.25) is 9.78 Å². The Balaban J connectivity index is 1.36. The third-order valence-electron chi connectivity index (χ3n) is 4.05. The average Bonchev–Trinajstić information content (AvgIpc) is 2.64. The molecule has 7 heteroatoms. The summed E-state index contributed by atoms with van der Waals surface area (Å²) >= 11 is 1.41. The summed E-state index contributed by atoms with van der Waals surface area (Å²) in [5, 5.41) is 3.07. The lowest BCUT2D eigenvalue weighted by molar-refractivity contribution is -0.119. The first-order valence-electron chi connectivity index (χ1n) is 8.29. The van der Waals surface area contributed by atoms with Crippen molar-refractivity contribution in [3.8, 4) is 5.88 Å². The van der Waals surface area contributed by atoms with Crippen LogP contribution in [0.15, 0.2) is 47.8 Å². The van der Waals surface area contributed by atoms with Gasteiger partial charge in [0.15, 0.2) is 0 Å². The van der Waals surface area contributed by atoms with Gasteiger partial charge in [0.25, 0.3) is 0 Å². The molecule has 5 nitrogen and oxygen atoms in total. The number of hydrogen-bond donors (Lipinski definition) is 1. The van der Waals surface area contributed by atoms with Crippen molar-refractivity contribution >= 4 is 17.7 Å². The van der Waals surface area contributed by atoms with Crippen molar-refractivity contribution < 1.29 is 13.9 Å². The number of nitrogens with zero attached hydrogens (tertiary/aromatic N) is 2. The van der Waals surface area contributed by atoms with Crippen molar-refractivity contribution in [1.82, 2.24) is 15.3 Å². The highest BCUT2D eigenvalue weighted by molar-refractivity contribution is 8.00. The first kappa shape index (κ1) is 17.7. The highest BCUT2D eigenvalue weighted by Crippen LogP contribution is 2.23. The van der Waals surface area contributed by atoms with Crippen LogP contribution in [-0.2, 0) is 4.79 Å². The van der Waals surface area contributed by atoms with Crippen LogP contribution >= 0.6 is 11.8 Å². The van der Waals surface area contributed by atoms with E-state index in [1.807, 2.05) is 0 Å². The first-order valence-corrected chi connectivity index (χ1v) is 9.28. The summed E-state index contributed by atoms with van der Waals surface area (Å²) in [6, 6.07) is 6.35. The van der Waals surface area contributed by atoms with Gasteiger partial charge in [0.1, 0.15) is 11.9 Å². The van der Waals surface area contributed by atoms with Gasteiger partial charge in [0.05, 0.1) is 11.9 Å². The van der Waals surface area contributed by atoms with Crippen molar-refractivity contribution in [3.05, 3.63) is 48.7 Å². The summed E-state index contributed by atoms with van der Waals surface area (Å²) in [4.78, 5) is 21.1. The van der Waals surface area contributed by atoms with E-state index in [0.717, 1.165) is 30.6 Å². The SMILES string of the molecule is O=C(CSc1ccc(F)cc1)NC1CCC(Oc2cnccn2)CC1. The maximum Gasteiger partial charge on any atom is 0.232 e. The van der Waals surface area contributed by atoms with E-state index < -0.39 is 0 Å². The number of carbonyl (C=O) groups excluding carboxylic acids is 1. The summed E-state index contributed by atoms with van der Waals surface area (Å²) in [5.74, 6) is 0.620. The molecule has 1 heterocycles. The highest BCUT2D eigenvalue weighted by atomic mass is 32.2. The van der Waals surface area contributed by atoms with Gasteiger partial charge in [-0.15, -0.1) is 11.8 Å². The molecule has 0 unspecified atom stereocenters. The van der Waals surface area contributed by atoms with Crippen LogP contribution in [0.2, 0.25) is 0 Å². The largest absolute Gasteiger partial charge is 0.473 e. The molecule has 2 aromatic rings. The van der Waals surface area contributed by atoms with E-state index in [0.29, 0.717) is 11.6 Å². The fourth-order valence-electron chi connectivity index (χ4n) is 2.79. The van der Waals surface area contributed by atoms with E-state index in [4.69, 9.17) is 4.74 Å². The molecule has 1 aliphatic rings. The molecular weight excluding hydrogens is 341 g/mol. The molecule has 0 radical (unpaired) electrons. The lowest BCUT2D eigenvalue weighted by Gasteiger charge is -2.29. The maximum atomic E-state index is 12.9. The van der Waals surface area contributed by atoms with Gasteiger partial charge < -0.3 is 10.1 Å². The molecule has 0 bridgehead atoms. The number of benzene rings is 1. The summed E-state index contributed by atoms with van der Waals surface area (Å²) < 4.78 is 18.7. The zero-order chi connectivity index (χ0) is 17.5. The van der Waals surface area contributed by atoms with Crippen molar-refractivity contribution in [3.63, 3.8) is 0 Å². The number of aromatic nitrogens is 2. The van der Waals surface area contributed by atoms with Gasteiger partial charge in [0.2, 0.25) is 11.8 Å². The third-order valence-corrected chi connectivity index (χ3v) is 5.06. The van der Waals surface area contributed by atoms with Crippen LogP contribution in [-0.4, -0.2) is 33.8 Å². The van der Waals surface area contributed by atoms with Crippen molar-refractivity contribution in [2.24, 2.45) is 0 Å². The Bertz CT molecular complexity index is 676. The highest BCUT2D eigenvalue weighted by Gasteiger charge is 2.23. The molecule has 0 aliphatic heterocycles. The standard InChI is InChI=1S/C18H20FN3O2S/c19-13-1-7-16(8-2-13)25-12-17(23)22-14-3-5-15(6-4-14)24-18-11-20-9-10-21-18/h1-2,7-11,14-15H,3-6,12H2,(H,22,23). The minimum Gasteiger partial charge on any atom is -0.473 e. The zero-order valence-corrected chi connectivity index (χ0v) is 14.5. The van der Waals surface area contributed by atoms with Crippen LogP contribution < -0.4 is 10.1 Å². The van der Waals surface area contributed by atoms with E-state index in [1.165, 1.54) is 23.9 Å². The second kappa shape index (κ2) is 8.80.